The highest BCUT2D eigenvalue weighted by molar-refractivity contribution is 7.93. The van der Waals surface area contributed by atoms with Gasteiger partial charge >= 0.3 is 0 Å². The first-order valence-corrected chi connectivity index (χ1v) is 9.30. The molecule has 2 atom stereocenters. The van der Waals surface area contributed by atoms with Gasteiger partial charge in [-0.3, -0.25) is 9.69 Å². The van der Waals surface area contributed by atoms with E-state index in [4.69, 9.17) is 16.3 Å². The summed E-state index contributed by atoms with van der Waals surface area (Å²) in [5.74, 6) is 0.171. The fourth-order valence-electron chi connectivity index (χ4n) is 2.76. The van der Waals surface area contributed by atoms with Gasteiger partial charge in [-0.1, -0.05) is 23.7 Å². The lowest BCUT2D eigenvalue weighted by atomic mass is 10.1. The van der Waals surface area contributed by atoms with Crippen LogP contribution in [0.4, 0.5) is 5.69 Å². The van der Waals surface area contributed by atoms with Gasteiger partial charge in [-0.05, 0) is 48.9 Å². The lowest BCUT2D eigenvalue weighted by Gasteiger charge is -2.24. The molecule has 0 saturated carbocycles. The van der Waals surface area contributed by atoms with Crippen LogP contribution in [0.5, 0.6) is 5.75 Å². The van der Waals surface area contributed by atoms with E-state index >= 15 is 0 Å². The highest BCUT2D eigenvalue weighted by Gasteiger charge is 2.51. The Hall–Kier alpha value is -2.05. The maximum absolute atomic E-state index is 12.8. The number of benzene rings is 2. The first-order valence-electron chi connectivity index (χ1n) is 7.31. The molecule has 0 N–H and O–H groups in total. The van der Waals surface area contributed by atoms with E-state index in [1.54, 1.807) is 48.5 Å². The van der Waals surface area contributed by atoms with Crippen molar-refractivity contribution in [2.45, 2.75) is 17.5 Å². The molecule has 126 valence electrons. The maximum atomic E-state index is 12.8. The molecule has 0 unspecified atom stereocenters. The Kier molecular flexibility index (Phi) is 4.27. The number of carbonyl (C=O) groups excluding carboxylic acids is 1. The molecule has 2 aromatic rings. The Morgan fingerprint density at radius 1 is 1.04 bits per heavy atom. The van der Waals surface area contributed by atoms with Crippen molar-refractivity contribution in [1.82, 2.24) is 0 Å². The molecule has 5 nitrogen and oxygen atoms in total. The summed E-state index contributed by atoms with van der Waals surface area (Å²) in [6, 6.07) is 13.2. The molecule has 1 aliphatic heterocycles. The molecule has 0 bridgehead atoms. The van der Waals surface area contributed by atoms with Crippen molar-refractivity contribution in [2.24, 2.45) is 0 Å². The van der Waals surface area contributed by atoms with Gasteiger partial charge in [0.05, 0.1) is 7.11 Å². The van der Waals surface area contributed by atoms with Crippen LogP contribution in [0.2, 0.25) is 5.02 Å². The van der Waals surface area contributed by atoms with Crippen LogP contribution in [0.3, 0.4) is 0 Å². The molecule has 0 radical (unpaired) electrons. The lowest BCUT2D eigenvalue weighted by molar-refractivity contribution is -0.117. The Labute approximate surface area is 145 Å². The molecule has 3 rings (SSSR count). The van der Waals surface area contributed by atoms with Crippen molar-refractivity contribution in [1.29, 1.82) is 0 Å². The van der Waals surface area contributed by atoms with Gasteiger partial charge < -0.3 is 4.74 Å². The molecule has 0 aromatic heterocycles. The van der Waals surface area contributed by atoms with Crippen LogP contribution in [-0.2, 0) is 14.6 Å². The van der Waals surface area contributed by atoms with E-state index < -0.39 is 26.4 Å². The van der Waals surface area contributed by atoms with E-state index in [1.807, 2.05) is 0 Å². The number of amides is 1. The lowest BCUT2D eigenvalue weighted by Crippen LogP contribution is -2.30. The number of methoxy groups -OCH3 is 1. The van der Waals surface area contributed by atoms with Crippen LogP contribution in [0.25, 0.3) is 0 Å². The zero-order chi connectivity index (χ0) is 17.5. The van der Waals surface area contributed by atoms with Gasteiger partial charge in [-0.25, -0.2) is 8.42 Å². The number of sulfone groups is 1. The second kappa shape index (κ2) is 6.11. The number of halogens is 1. The van der Waals surface area contributed by atoms with Crippen molar-refractivity contribution < 1.29 is 17.9 Å². The maximum Gasteiger partial charge on any atom is 0.246 e. The van der Waals surface area contributed by atoms with Gasteiger partial charge in [0, 0.05) is 10.7 Å². The van der Waals surface area contributed by atoms with Gasteiger partial charge in [0.25, 0.3) is 0 Å². The number of hydrogen-bond acceptors (Lipinski definition) is 4. The van der Waals surface area contributed by atoms with E-state index in [-0.39, 0.29) is 0 Å². The third kappa shape index (κ3) is 2.65. The Bertz CT molecular complexity index is 862. The smallest absolute Gasteiger partial charge is 0.246 e. The van der Waals surface area contributed by atoms with Crippen LogP contribution >= 0.6 is 11.6 Å². The summed E-state index contributed by atoms with van der Waals surface area (Å²) >= 11 is 5.89. The zero-order valence-electron chi connectivity index (χ0n) is 13.1. The molecule has 1 saturated heterocycles. The van der Waals surface area contributed by atoms with E-state index in [9.17, 15) is 13.2 Å². The summed E-state index contributed by atoms with van der Waals surface area (Å²) in [5, 5.41) is -1.64. The Morgan fingerprint density at radius 2 is 1.62 bits per heavy atom. The second-order valence-corrected chi connectivity index (χ2v) is 8.31. The minimum absolute atomic E-state index is 0.446. The molecule has 0 spiro atoms. The Balaban J connectivity index is 2.13. The number of carbonyl (C=O) groups is 1. The molecule has 0 aliphatic carbocycles. The SMILES string of the molecule is COc1ccc([C@H]2N(c3ccc(Cl)cc3)C(=O)[C@H](C)S2(=O)=O)cc1. The van der Waals surface area contributed by atoms with Crippen LogP contribution < -0.4 is 9.64 Å². The van der Waals surface area contributed by atoms with Crippen molar-refractivity contribution in [2.75, 3.05) is 12.0 Å². The third-order valence-electron chi connectivity index (χ3n) is 4.13. The fraction of sp³-hybridized carbons (Fsp3) is 0.235. The van der Waals surface area contributed by atoms with E-state index in [2.05, 4.69) is 0 Å². The molecule has 1 amide bonds. The third-order valence-corrected chi connectivity index (χ3v) is 6.67. The molecule has 1 heterocycles. The van der Waals surface area contributed by atoms with Crippen LogP contribution in [0.1, 0.15) is 17.9 Å². The van der Waals surface area contributed by atoms with Gasteiger partial charge in [-0.2, -0.15) is 0 Å². The summed E-state index contributed by atoms with van der Waals surface area (Å²) < 4.78 is 30.7. The standard InChI is InChI=1S/C17H16ClNO4S/c1-11-16(20)19(14-7-5-13(18)6-8-14)17(24(11,21)22)12-3-9-15(23-2)10-4-12/h3-11,17H,1-2H3/t11-,17-/m0/s1. The van der Waals surface area contributed by atoms with Crippen molar-refractivity contribution in [3.8, 4) is 5.75 Å². The summed E-state index contributed by atoms with van der Waals surface area (Å²) in [4.78, 5) is 13.9. The molecular weight excluding hydrogens is 350 g/mol. The monoisotopic (exact) mass is 365 g/mol. The average Bonchev–Trinajstić information content (AvgIpc) is 2.76. The predicted molar refractivity (Wildman–Crippen MR) is 93.1 cm³/mol. The Morgan fingerprint density at radius 3 is 2.17 bits per heavy atom. The molecule has 2 aromatic carbocycles. The van der Waals surface area contributed by atoms with Crippen LogP contribution in [0, 0.1) is 0 Å². The normalized spacial score (nSPS) is 22.6. The minimum atomic E-state index is -3.69. The van der Waals surface area contributed by atoms with Gasteiger partial charge in [0.2, 0.25) is 5.91 Å². The summed E-state index contributed by atoms with van der Waals surface area (Å²) in [5.41, 5.74) is 1.02. The molecule has 1 fully saturated rings. The topological polar surface area (TPSA) is 63.7 Å². The number of anilines is 1. The van der Waals surface area contributed by atoms with Crippen molar-refractivity contribution in [3.63, 3.8) is 0 Å². The molecule has 24 heavy (non-hydrogen) atoms. The number of rotatable bonds is 3. The highest BCUT2D eigenvalue weighted by Crippen LogP contribution is 2.41. The summed E-state index contributed by atoms with van der Waals surface area (Å²) in [6.07, 6.45) is 0. The number of ether oxygens (including phenoxy) is 1. The highest BCUT2D eigenvalue weighted by atomic mass is 35.5. The minimum Gasteiger partial charge on any atom is -0.497 e. The quantitative estimate of drug-likeness (QED) is 0.837. The summed E-state index contributed by atoms with van der Waals surface area (Å²) in [6.45, 7) is 1.42. The van der Waals surface area contributed by atoms with E-state index in [0.29, 0.717) is 22.0 Å². The second-order valence-electron chi connectivity index (χ2n) is 5.54. The van der Waals surface area contributed by atoms with Gasteiger partial charge in [0.15, 0.2) is 15.2 Å². The van der Waals surface area contributed by atoms with Crippen LogP contribution in [0.15, 0.2) is 48.5 Å². The largest absolute Gasteiger partial charge is 0.497 e. The summed E-state index contributed by atoms with van der Waals surface area (Å²) in [7, 11) is -2.16. The number of hydrogen-bond donors (Lipinski definition) is 0. The number of nitrogens with zero attached hydrogens (tertiary/aromatic N) is 1. The predicted octanol–water partition coefficient (Wildman–Crippen LogP) is 3.20. The molecule has 7 heteroatoms. The fourth-order valence-corrected chi connectivity index (χ4v) is 4.73. The van der Waals surface area contributed by atoms with Gasteiger partial charge in [0.1, 0.15) is 11.0 Å². The van der Waals surface area contributed by atoms with Crippen LogP contribution in [-0.4, -0.2) is 26.7 Å². The van der Waals surface area contributed by atoms with E-state index in [1.165, 1.54) is 18.9 Å². The van der Waals surface area contributed by atoms with Crippen molar-refractivity contribution >= 4 is 33.0 Å². The first kappa shape index (κ1) is 16.8. The average molecular weight is 366 g/mol. The van der Waals surface area contributed by atoms with Crippen molar-refractivity contribution in [3.05, 3.63) is 59.1 Å². The van der Waals surface area contributed by atoms with Gasteiger partial charge in [-0.15, -0.1) is 0 Å². The zero-order valence-corrected chi connectivity index (χ0v) is 14.7. The first-order chi connectivity index (χ1) is 11.4. The molecular formula is C17H16ClNO4S. The molecule has 1 aliphatic rings. The van der Waals surface area contributed by atoms with E-state index in [0.717, 1.165) is 0 Å².